The Labute approximate surface area is 151 Å². The summed E-state index contributed by atoms with van der Waals surface area (Å²) in [5.74, 6) is 0.196. The molecular formula is C18H23N5O3. The molecule has 0 aromatic carbocycles. The summed E-state index contributed by atoms with van der Waals surface area (Å²) in [6.45, 7) is 2.02. The third-order valence-corrected chi connectivity index (χ3v) is 5.64. The molecule has 3 N–H and O–H groups in total. The SMILES string of the molecule is CC1(NC(=O)O[C@H]2CC[C@@H](c3cc(NC(=O)[C@H]4C[C@@H]4C#N)n[nH]3)C2)CC1. The summed E-state index contributed by atoms with van der Waals surface area (Å²) < 4.78 is 5.53. The van der Waals surface area contributed by atoms with Gasteiger partial charge in [-0.25, -0.2) is 4.79 Å². The van der Waals surface area contributed by atoms with Gasteiger partial charge in [-0.2, -0.15) is 10.4 Å². The summed E-state index contributed by atoms with van der Waals surface area (Å²) in [5.41, 5.74) is 0.867. The second kappa shape index (κ2) is 6.31. The fourth-order valence-corrected chi connectivity index (χ4v) is 3.53. The van der Waals surface area contributed by atoms with Crippen molar-refractivity contribution in [2.75, 3.05) is 5.32 Å². The fourth-order valence-electron chi connectivity index (χ4n) is 3.53. The van der Waals surface area contributed by atoms with E-state index in [4.69, 9.17) is 10.00 Å². The molecule has 4 atom stereocenters. The van der Waals surface area contributed by atoms with E-state index in [1.807, 2.05) is 13.0 Å². The second-order valence-electron chi connectivity index (χ2n) is 8.00. The Morgan fingerprint density at radius 1 is 1.38 bits per heavy atom. The molecule has 4 rings (SSSR count). The van der Waals surface area contributed by atoms with E-state index < -0.39 is 0 Å². The molecule has 0 saturated heterocycles. The Kier molecular flexibility index (Phi) is 4.10. The monoisotopic (exact) mass is 357 g/mol. The van der Waals surface area contributed by atoms with E-state index in [0.29, 0.717) is 12.2 Å². The van der Waals surface area contributed by atoms with Crippen molar-refractivity contribution in [3.8, 4) is 6.07 Å². The Balaban J connectivity index is 1.26. The maximum Gasteiger partial charge on any atom is 0.407 e. The van der Waals surface area contributed by atoms with Crippen LogP contribution in [0, 0.1) is 23.2 Å². The van der Waals surface area contributed by atoms with Crippen LogP contribution in [0.5, 0.6) is 0 Å². The molecule has 138 valence electrons. The van der Waals surface area contributed by atoms with Gasteiger partial charge in [-0.1, -0.05) is 0 Å². The van der Waals surface area contributed by atoms with Crippen LogP contribution in [0.4, 0.5) is 10.6 Å². The average Bonchev–Trinajstić information content (AvgIpc) is 3.42. The third-order valence-electron chi connectivity index (χ3n) is 5.64. The predicted molar refractivity (Wildman–Crippen MR) is 92.1 cm³/mol. The molecule has 0 aliphatic heterocycles. The van der Waals surface area contributed by atoms with Gasteiger partial charge >= 0.3 is 6.09 Å². The van der Waals surface area contributed by atoms with Gasteiger partial charge in [-0.05, 0) is 45.4 Å². The van der Waals surface area contributed by atoms with Gasteiger partial charge in [-0.3, -0.25) is 9.89 Å². The molecule has 8 nitrogen and oxygen atoms in total. The fraction of sp³-hybridized carbons (Fsp3) is 0.667. The molecule has 8 heteroatoms. The summed E-state index contributed by atoms with van der Waals surface area (Å²) in [6.07, 6.45) is 4.70. The molecule has 26 heavy (non-hydrogen) atoms. The summed E-state index contributed by atoms with van der Waals surface area (Å²) in [5, 5.41) is 21.6. The normalized spacial score (nSPS) is 30.9. The van der Waals surface area contributed by atoms with Crippen molar-refractivity contribution in [1.29, 1.82) is 5.26 Å². The molecule has 1 aromatic heterocycles. The zero-order valence-corrected chi connectivity index (χ0v) is 14.7. The quantitative estimate of drug-likeness (QED) is 0.747. The first-order valence-corrected chi connectivity index (χ1v) is 9.20. The molecule has 3 saturated carbocycles. The molecule has 3 fully saturated rings. The van der Waals surface area contributed by atoms with E-state index in [0.717, 1.165) is 37.8 Å². The number of rotatable bonds is 5. The average molecular weight is 357 g/mol. The third kappa shape index (κ3) is 3.66. The van der Waals surface area contributed by atoms with Crippen molar-refractivity contribution in [2.24, 2.45) is 11.8 Å². The van der Waals surface area contributed by atoms with E-state index in [1.54, 1.807) is 0 Å². The molecular weight excluding hydrogens is 334 g/mol. The molecule has 0 radical (unpaired) electrons. The largest absolute Gasteiger partial charge is 0.446 e. The molecule has 1 aromatic rings. The van der Waals surface area contributed by atoms with Crippen LogP contribution >= 0.6 is 0 Å². The van der Waals surface area contributed by atoms with E-state index in [9.17, 15) is 9.59 Å². The van der Waals surface area contributed by atoms with Crippen molar-refractivity contribution < 1.29 is 14.3 Å². The van der Waals surface area contributed by atoms with E-state index in [2.05, 4.69) is 26.9 Å². The lowest BCUT2D eigenvalue weighted by atomic mass is 10.0. The van der Waals surface area contributed by atoms with Crippen molar-refractivity contribution >= 4 is 17.8 Å². The van der Waals surface area contributed by atoms with Gasteiger partial charge in [0, 0.05) is 23.2 Å². The number of H-pyrrole nitrogens is 1. The minimum absolute atomic E-state index is 0.0717. The van der Waals surface area contributed by atoms with Crippen molar-refractivity contribution in [2.45, 2.75) is 63.0 Å². The van der Waals surface area contributed by atoms with Gasteiger partial charge in [0.05, 0.1) is 17.9 Å². The number of nitrogens with zero attached hydrogens (tertiary/aromatic N) is 2. The molecule has 1 heterocycles. The Morgan fingerprint density at radius 2 is 2.19 bits per heavy atom. The summed E-state index contributed by atoms with van der Waals surface area (Å²) >= 11 is 0. The highest BCUT2D eigenvalue weighted by atomic mass is 16.6. The zero-order valence-electron chi connectivity index (χ0n) is 14.7. The predicted octanol–water partition coefficient (Wildman–Crippen LogP) is 2.42. The van der Waals surface area contributed by atoms with Gasteiger partial charge in [-0.15, -0.1) is 0 Å². The minimum atomic E-state index is -0.329. The van der Waals surface area contributed by atoms with Gasteiger partial charge in [0.1, 0.15) is 6.10 Å². The van der Waals surface area contributed by atoms with Crippen LogP contribution in [-0.2, 0) is 9.53 Å². The highest BCUT2D eigenvalue weighted by Crippen LogP contribution is 2.39. The number of carbonyl (C=O) groups excluding carboxylic acids is 2. The van der Waals surface area contributed by atoms with Crippen LogP contribution in [0.3, 0.4) is 0 Å². The number of nitriles is 1. The lowest BCUT2D eigenvalue weighted by Crippen LogP contribution is -2.36. The number of ether oxygens (including phenoxy) is 1. The van der Waals surface area contributed by atoms with Crippen LogP contribution in [0.25, 0.3) is 0 Å². The van der Waals surface area contributed by atoms with Crippen LogP contribution in [0.15, 0.2) is 6.07 Å². The van der Waals surface area contributed by atoms with Gasteiger partial charge in [0.25, 0.3) is 0 Å². The minimum Gasteiger partial charge on any atom is -0.446 e. The van der Waals surface area contributed by atoms with E-state index in [-0.39, 0.29) is 41.4 Å². The summed E-state index contributed by atoms with van der Waals surface area (Å²) in [6, 6.07) is 3.94. The summed E-state index contributed by atoms with van der Waals surface area (Å²) in [7, 11) is 0. The van der Waals surface area contributed by atoms with Crippen LogP contribution < -0.4 is 10.6 Å². The van der Waals surface area contributed by atoms with Crippen molar-refractivity contribution in [3.05, 3.63) is 11.8 Å². The first kappa shape index (κ1) is 16.9. The Bertz CT molecular complexity index is 763. The highest BCUT2D eigenvalue weighted by molar-refractivity contribution is 5.94. The number of aromatic nitrogens is 2. The van der Waals surface area contributed by atoms with E-state index in [1.165, 1.54) is 0 Å². The van der Waals surface area contributed by atoms with Crippen LogP contribution in [0.2, 0.25) is 0 Å². The number of carbonyl (C=O) groups is 2. The molecule has 0 unspecified atom stereocenters. The van der Waals surface area contributed by atoms with Gasteiger partial charge in [0.2, 0.25) is 5.91 Å². The molecule has 3 aliphatic carbocycles. The molecule has 3 aliphatic rings. The number of anilines is 1. The number of nitrogens with one attached hydrogen (secondary N) is 3. The molecule has 0 spiro atoms. The standard InChI is InChI=1S/C18H23N5O3/c1-18(4-5-18)21-17(25)26-12-3-2-10(6-12)14-8-15(23-22-14)20-16(24)13-7-11(13)9-19/h8,10-13H,2-7H2,1H3,(H,21,25)(H2,20,22,23,24)/t10-,11-,12+,13+/m1/s1. The number of amides is 2. The number of aromatic amines is 1. The lowest BCUT2D eigenvalue weighted by Gasteiger charge is -2.16. The van der Waals surface area contributed by atoms with Crippen LogP contribution in [-0.4, -0.2) is 33.8 Å². The topological polar surface area (TPSA) is 120 Å². The maximum absolute atomic E-state index is 12.0. The zero-order chi connectivity index (χ0) is 18.3. The van der Waals surface area contributed by atoms with E-state index >= 15 is 0 Å². The van der Waals surface area contributed by atoms with Gasteiger partial charge < -0.3 is 15.4 Å². The lowest BCUT2D eigenvalue weighted by molar-refractivity contribution is -0.117. The number of alkyl carbamates (subject to hydrolysis) is 1. The Hall–Kier alpha value is -2.56. The van der Waals surface area contributed by atoms with Crippen molar-refractivity contribution in [3.63, 3.8) is 0 Å². The molecule has 0 bridgehead atoms. The van der Waals surface area contributed by atoms with Crippen LogP contribution in [0.1, 0.15) is 57.1 Å². The second-order valence-corrected chi connectivity index (χ2v) is 8.00. The first-order chi connectivity index (χ1) is 12.5. The maximum atomic E-state index is 12.0. The van der Waals surface area contributed by atoms with Gasteiger partial charge in [0.15, 0.2) is 5.82 Å². The first-order valence-electron chi connectivity index (χ1n) is 9.20. The smallest absolute Gasteiger partial charge is 0.407 e. The van der Waals surface area contributed by atoms with Crippen molar-refractivity contribution in [1.82, 2.24) is 15.5 Å². The number of hydrogen-bond donors (Lipinski definition) is 3. The highest BCUT2D eigenvalue weighted by Gasteiger charge is 2.43. The Morgan fingerprint density at radius 3 is 2.88 bits per heavy atom. The number of hydrogen-bond acceptors (Lipinski definition) is 5. The molecule has 2 amide bonds. The summed E-state index contributed by atoms with van der Waals surface area (Å²) in [4.78, 5) is 23.9.